The van der Waals surface area contributed by atoms with Crippen molar-refractivity contribution in [3.05, 3.63) is 71.8 Å². The quantitative estimate of drug-likeness (QED) is 0.690. The van der Waals surface area contributed by atoms with Crippen LogP contribution in [0, 0.1) is 0 Å². The van der Waals surface area contributed by atoms with Crippen LogP contribution in [0.3, 0.4) is 0 Å². The second-order valence-corrected chi connectivity index (χ2v) is 3.31. The molecule has 0 unspecified atom stereocenters. The molecule has 0 heterocycles. The van der Waals surface area contributed by atoms with Crippen molar-refractivity contribution in [2.75, 3.05) is 0 Å². The maximum Gasteiger partial charge on any atom is 2.00 e. The van der Waals surface area contributed by atoms with E-state index in [9.17, 15) is 19.8 Å². The Morgan fingerprint density at radius 1 is 0.632 bits per heavy atom. The molecule has 0 saturated carbocycles. The third-order valence-electron chi connectivity index (χ3n) is 2.02. The average Bonchev–Trinajstić information content (AvgIpc) is 2.41. The van der Waals surface area contributed by atoms with Gasteiger partial charge in [-0.1, -0.05) is 60.7 Å². The van der Waals surface area contributed by atoms with Gasteiger partial charge in [0.05, 0.1) is 11.9 Å². The smallest absolute Gasteiger partial charge is 0.545 e. The molecular weight excluding hydrogens is 351 g/mol. The molecule has 0 fully saturated rings. The van der Waals surface area contributed by atoms with Gasteiger partial charge >= 0.3 is 23.9 Å². The zero-order valence-corrected chi connectivity index (χ0v) is 12.8. The van der Waals surface area contributed by atoms with Crippen molar-refractivity contribution >= 4 is 35.8 Å². The number of hydrogen-bond donors (Lipinski definition) is 0. The fraction of sp³-hybridized carbons (Fsp3) is 0. The van der Waals surface area contributed by atoms with Crippen molar-refractivity contribution in [2.45, 2.75) is 0 Å². The van der Waals surface area contributed by atoms with E-state index in [2.05, 4.69) is 0 Å². The number of benzene rings is 2. The summed E-state index contributed by atoms with van der Waals surface area (Å²) in [6.45, 7) is 0. The van der Waals surface area contributed by atoms with Crippen molar-refractivity contribution in [3.8, 4) is 0 Å². The molecule has 5 heteroatoms. The molecule has 0 atom stereocenters. The zero-order valence-electron chi connectivity index (χ0n) is 9.91. The number of carbonyl (C=O) groups is 2. The summed E-state index contributed by atoms with van der Waals surface area (Å²) in [5.74, 6) is -2.26. The van der Waals surface area contributed by atoms with Crippen LogP contribution in [0.15, 0.2) is 60.7 Å². The van der Waals surface area contributed by atoms with Gasteiger partial charge in [0.1, 0.15) is 0 Å². The Labute approximate surface area is 127 Å². The minimum atomic E-state index is -1.13. The fourth-order valence-electron chi connectivity index (χ4n) is 1.15. The van der Waals surface area contributed by atoms with Gasteiger partial charge < -0.3 is 19.8 Å². The molecule has 94 valence electrons. The predicted molar refractivity (Wildman–Crippen MR) is 67.3 cm³/mol. The molecule has 0 bridgehead atoms. The van der Waals surface area contributed by atoms with Crippen molar-refractivity contribution in [1.82, 2.24) is 0 Å². The van der Waals surface area contributed by atoms with Gasteiger partial charge in [-0.05, 0) is 11.1 Å². The van der Waals surface area contributed by atoms with Gasteiger partial charge in [-0.3, -0.25) is 0 Å². The summed E-state index contributed by atoms with van der Waals surface area (Å²) in [5, 5.41) is 20.2. The molecule has 19 heavy (non-hydrogen) atoms. The molecule has 0 saturated heterocycles. The van der Waals surface area contributed by atoms with Gasteiger partial charge in [-0.15, -0.1) is 0 Å². The van der Waals surface area contributed by atoms with Gasteiger partial charge in [0.2, 0.25) is 0 Å². The first-order valence-electron chi connectivity index (χ1n) is 5.14. The largest absolute Gasteiger partial charge is 2.00 e. The molecule has 2 aromatic rings. The van der Waals surface area contributed by atoms with Crippen molar-refractivity contribution < 1.29 is 19.8 Å². The van der Waals surface area contributed by atoms with Crippen LogP contribution in [0.5, 0.6) is 0 Å². The molecule has 2 aromatic carbocycles. The Morgan fingerprint density at radius 3 is 1.05 bits per heavy atom. The predicted octanol–water partition coefficient (Wildman–Crippen LogP) is -0.281. The summed E-state index contributed by atoms with van der Waals surface area (Å²) in [6.07, 6.45) is 0. The second-order valence-electron chi connectivity index (χ2n) is 3.31. The molecule has 0 spiro atoms. The maximum absolute atomic E-state index is 10.1. The van der Waals surface area contributed by atoms with Crippen LogP contribution in [0.1, 0.15) is 20.7 Å². The third-order valence-corrected chi connectivity index (χ3v) is 2.02. The van der Waals surface area contributed by atoms with E-state index in [1.54, 1.807) is 36.4 Å². The molecule has 0 aliphatic rings. The Hall–Kier alpha value is -1.82. The van der Waals surface area contributed by atoms with E-state index in [0.29, 0.717) is 0 Å². The summed E-state index contributed by atoms with van der Waals surface area (Å²) >= 11 is 0. The second kappa shape index (κ2) is 9.15. The SMILES string of the molecule is O=C([O-])c1ccccc1.O=C([O-])c1ccccc1.[Sn+2]. The normalized spacial score (nSPS) is 8.42. The molecule has 0 aromatic heterocycles. The van der Waals surface area contributed by atoms with Crippen LogP contribution >= 0.6 is 0 Å². The Bertz CT molecular complexity index is 462. The van der Waals surface area contributed by atoms with Crippen LogP contribution in [0.4, 0.5) is 0 Å². The van der Waals surface area contributed by atoms with E-state index < -0.39 is 11.9 Å². The topological polar surface area (TPSA) is 80.3 Å². The Kier molecular flexibility index (Phi) is 8.28. The number of carboxylic acids is 2. The number of hydrogen-bond acceptors (Lipinski definition) is 4. The summed E-state index contributed by atoms with van der Waals surface area (Å²) in [7, 11) is 0. The van der Waals surface area contributed by atoms with Gasteiger partial charge in [-0.25, -0.2) is 0 Å². The van der Waals surface area contributed by atoms with Crippen LogP contribution < -0.4 is 10.2 Å². The van der Waals surface area contributed by atoms with Crippen molar-refractivity contribution in [1.29, 1.82) is 0 Å². The molecular formula is C14H10O4Sn. The minimum Gasteiger partial charge on any atom is -0.545 e. The van der Waals surface area contributed by atoms with Crippen molar-refractivity contribution in [3.63, 3.8) is 0 Å². The van der Waals surface area contributed by atoms with E-state index in [1.165, 1.54) is 24.3 Å². The van der Waals surface area contributed by atoms with Crippen LogP contribution in [-0.2, 0) is 0 Å². The Balaban J connectivity index is 0.000000324. The first-order chi connectivity index (χ1) is 8.61. The van der Waals surface area contributed by atoms with Crippen LogP contribution in [0.25, 0.3) is 0 Å². The van der Waals surface area contributed by atoms with E-state index in [4.69, 9.17) is 0 Å². The molecule has 0 amide bonds. The van der Waals surface area contributed by atoms with E-state index >= 15 is 0 Å². The number of carboxylic acid groups (broad SMARTS) is 2. The van der Waals surface area contributed by atoms with Crippen LogP contribution in [-0.4, -0.2) is 35.8 Å². The monoisotopic (exact) mass is 362 g/mol. The number of aromatic carboxylic acids is 2. The van der Waals surface area contributed by atoms with Gasteiger partial charge in [0.15, 0.2) is 0 Å². The molecule has 0 N–H and O–H groups in total. The first-order valence-corrected chi connectivity index (χ1v) is 5.14. The number of carbonyl (C=O) groups excluding carboxylic acids is 2. The number of rotatable bonds is 2. The summed E-state index contributed by atoms with van der Waals surface area (Å²) in [5.41, 5.74) is 0.440. The molecule has 0 aliphatic carbocycles. The zero-order chi connectivity index (χ0) is 13.4. The van der Waals surface area contributed by atoms with E-state index in [0.717, 1.165) is 0 Å². The molecule has 2 rings (SSSR count). The van der Waals surface area contributed by atoms with Gasteiger partial charge in [-0.2, -0.15) is 0 Å². The summed E-state index contributed by atoms with van der Waals surface area (Å²) < 4.78 is 0. The summed E-state index contributed by atoms with van der Waals surface area (Å²) in [6, 6.07) is 16.1. The first kappa shape index (κ1) is 17.2. The third kappa shape index (κ3) is 6.61. The standard InChI is InChI=1S/2C7H6O2.Sn/c2*8-7(9)6-4-2-1-3-5-6;/h2*1-5H,(H,8,9);/q;;+2/p-2. The van der Waals surface area contributed by atoms with Crippen LogP contribution in [0.2, 0.25) is 0 Å². The van der Waals surface area contributed by atoms with E-state index in [1.807, 2.05) is 0 Å². The fourth-order valence-corrected chi connectivity index (χ4v) is 1.15. The van der Waals surface area contributed by atoms with Gasteiger partial charge in [0.25, 0.3) is 0 Å². The minimum absolute atomic E-state index is 0. The maximum atomic E-state index is 10.1. The van der Waals surface area contributed by atoms with E-state index in [-0.39, 0.29) is 35.0 Å². The summed E-state index contributed by atoms with van der Waals surface area (Å²) in [4.78, 5) is 20.2. The molecule has 2 radical (unpaired) electrons. The molecule has 4 nitrogen and oxygen atoms in total. The molecule has 0 aliphatic heterocycles. The van der Waals surface area contributed by atoms with Gasteiger partial charge in [0, 0.05) is 0 Å². The Morgan fingerprint density at radius 2 is 0.895 bits per heavy atom. The van der Waals surface area contributed by atoms with Crippen molar-refractivity contribution in [2.24, 2.45) is 0 Å². The average molecular weight is 361 g/mol.